The van der Waals surface area contributed by atoms with Gasteiger partial charge in [-0.1, -0.05) is 46.5 Å². The second kappa shape index (κ2) is 6.58. The van der Waals surface area contributed by atoms with Crippen molar-refractivity contribution in [2.24, 2.45) is 0 Å². The lowest BCUT2D eigenvalue weighted by Crippen LogP contribution is -1.96. The van der Waals surface area contributed by atoms with Crippen LogP contribution in [0.2, 0.25) is 0 Å². The van der Waals surface area contributed by atoms with Crippen LogP contribution in [0.4, 0.5) is 0 Å². The largest absolute Gasteiger partial charge is 0.494 e. The van der Waals surface area contributed by atoms with Crippen molar-refractivity contribution in [1.82, 2.24) is 4.98 Å². The predicted molar refractivity (Wildman–Crippen MR) is 70.7 cm³/mol. The molecule has 0 amide bonds. The Morgan fingerprint density at radius 1 is 1.06 bits per heavy atom. The summed E-state index contributed by atoms with van der Waals surface area (Å²) >= 11 is 0. The quantitative estimate of drug-likeness (QED) is 0.628. The Morgan fingerprint density at radius 3 is 2.35 bits per heavy atom. The highest BCUT2D eigenvalue weighted by Crippen LogP contribution is 2.37. The fraction of sp³-hybridized carbons (Fsp3) is 0.714. The van der Waals surface area contributed by atoms with E-state index in [1.165, 1.54) is 25.7 Å². The first-order chi connectivity index (χ1) is 8.11. The molecule has 3 N–H and O–H groups in total. The average molecular weight is 239 g/mol. The van der Waals surface area contributed by atoms with E-state index in [-0.39, 0.29) is 11.8 Å². The lowest BCUT2D eigenvalue weighted by molar-refractivity contribution is 0.419. The summed E-state index contributed by atoms with van der Waals surface area (Å²) in [4.78, 5) is 2.62. The van der Waals surface area contributed by atoms with E-state index in [1.807, 2.05) is 6.92 Å². The summed E-state index contributed by atoms with van der Waals surface area (Å²) in [5, 5.41) is 19.5. The van der Waals surface area contributed by atoms with Crippen LogP contribution in [0.15, 0.2) is 0 Å². The van der Waals surface area contributed by atoms with Crippen LogP contribution >= 0.6 is 0 Å². The molecule has 0 aromatic carbocycles. The third-order valence-corrected chi connectivity index (χ3v) is 3.44. The van der Waals surface area contributed by atoms with E-state index in [9.17, 15) is 10.2 Å². The fourth-order valence-corrected chi connectivity index (χ4v) is 2.44. The summed E-state index contributed by atoms with van der Waals surface area (Å²) in [7, 11) is 0. The van der Waals surface area contributed by atoms with Crippen LogP contribution in [-0.4, -0.2) is 15.2 Å². The Bertz CT molecular complexity index is 344. The molecule has 1 aromatic rings. The van der Waals surface area contributed by atoms with Gasteiger partial charge in [-0.05, 0) is 18.8 Å². The zero-order valence-corrected chi connectivity index (χ0v) is 11.2. The third-order valence-electron chi connectivity index (χ3n) is 3.44. The van der Waals surface area contributed by atoms with Crippen molar-refractivity contribution in [3.63, 3.8) is 0 Å². The standard InChI is InChI=1S/C14H25NO2/c1-4-6-7-8-9-10(3)12-11(5-2)13(16)15-14(12)17/h10,15-17H,4-9H2,1-3H3. The molecule has 0 aliphatic rings. The maximum absolute atomic E-state index is 9.80. The fourth-order valence-electron chi connectivity index (χ4n) is 2.44. The molecule has 0 radical (unpaired) electrons. The average Bonchev–Trinajstić information content (AvgIpc) is 2.58. The van der Waals surface area contributed by atoms with Crippen LogP contribution in [0.25, 0.3) is 0 Å². The maximum Gasteiger partial charge on any atom is 0.195 e. The molecular weight excluding hydrogens is 214 g/mol. The molecule has 0 aliphatic heterocycles. The number of hydrogen-bond acceptors (Lipinski definition) is 2. The minimum Gasteiger partial charge on any atom is -0.494 e. The van der Waals surface area contributed by atoms with Crippen LogP contribution in [0.3, 0.4) is 0 Å². The Morgan fingerprint density at radius 2 is 1.76 bits per heavy atom. The van der Waals surface area contributed by atoms with E-state index >= 15 is 0 Å². The Kier molecular flexibility index (Phi) is 5.39. The molecule has 0 bridgehead atoms. The summed E-state index contributed by atoms with van der Waals surface area (Å²) in [5.41, 5.74) is 1.77. The summed E-state index contributed by atoms with van der Waals surface area (Å²) in [6, 6.07) is 0. The van der Waals surface area contributed by atoms with Gasteiger partial charge in [-0.2, -0.15) is 0 Å². The Hall–Kier alpha value is -1.12. The summed E-state index contributed by atoms with van der Waals surface area (Å²) in [6.07, 6.45) is 6.76. The lowest BCUT2D eigenvalue weighted by Gasteiger charge is -2.12. The molecule has 0 aliphatic carbocycles. The van der Waals surface area contributed by atoms with E-state index in [4.69, 9.17) is 0 Å². The molecule has 17 heavy (non-hydrogen) atoms. The molecule has 0 saturated carbocycles. The van der Waals surface area contributed by atoms with E-state index in [1.54, 1.807) is 0 Å². The van der Waals surface area contributed by atoms with Crippen molar-refractivity contribution in [1.29, 1.82) is 0 Å². The highest BCUT2D eigenvalue weighted by Gasteiger charge is 2.20. The summed E-state index contributed by atoms with van der Waals surface area (Å²) in [5.74, 6) is 0.571. The first-order valence-electron chi connectivity index (χ1n) is 6.74. The van der Waals surface area contributed by atoms with Crippen LogP contribution in [0.5, 0.6) is 11.8 Å². The van der Waals surface area contributed by atoms with E-state index in [2.05, 4.69) is 18.8 Å². The number of nitrogens with one attached hydrogen (secondary N) is 1. The molecule has 3 heteroatoms. The molecule has 3 nitrogen and oxygen atoms in total. The first-order valence-corrected chi connectivity index (χ1v) is 6.74. The number of unbranched alkanes of at least 4 members (excludes halogenated alkanes) is 3. The molecule has 98 valence electrons. The highest BCUT2D eigenvalue weighted by atomic mass is 16.3. The normalized spacial score (nSPS) is 12.9. The molecular formula is C14H25NO2. The number of aromatic amines is 1. The molecule has 1 unspecified atom stereocenters. The van der Waals surface area contributed by atoms with E-state index < -0.39 is 0 Å². The maximum atomic E-state index is 9.80. The van der Waals surface area contributed by atoms with Crippen molar-refractivity contribution in [3.8, 4) is 11.8 Å². The lowest BCUT2D eigenvalue weighted by atomic mass is 9.92. The molecule has 0 fully saturated rings. The van der Waals surface area contributed by atoms with E-state index in [0.29, 0.717) is 5.92 Å². The van der Waals surface area contributed by atoms with Crippen molar-refractivity contribution < 1.29 is 10.2 Å². The van der Waals surface area contributed by atoms with Gasteiger partial charge in [-0.25, -0.2) is 0 Å². The number of hydrogen-bond donors (Lipinski definition) is 3. The second-order valence-electron chi connectivity index (χ2n) is 4.82. The number of rotatable bonds is 7. The van der Waals surface area contributed by atoms with Gasteiger partial charge < -0.3 is 10.2 Å². The van der Waals surface area contributed by atoms with Gasteiger partial charge in [0.1, 0.15) is 0 Å². The zero-order chi connectivity index (χ0) is 12.8. The van der Waals surface area contributed by atoms with Crippen LogP contribution in [0, 0.1) is 0 Å². The van der Waals surface area contributed by atoms with Crippen molar-refractivity contribution in [2.75, 3.05) is 0 Å². The predicted octanol–water partition coefficient (Wildman–Crippen LogP) is 4.06. The molecule has 1 aromatic heterocycles. The van der Waals surface area contributed by atoms with Gasteiger partial charge in [0.2, 0.25) is 0 Å². The van der Waals surface area contributed by atoms with Crippen molar-refractivity contribution >= 4 is 0 Å². The SMILES string of the molecule is CCCCCCC(C)c1c(O)[nH]c(O)c1CC. The summed E-state index contributed by atoms with van der Waals surface area (Å²) < 4.78 is 0. The number of H-pyrrole nitrogens is 1. The van der Waals surface area contributed by atoms with Gasteiger partial charge in [0.05, 0.1) is 0 Å². The van der Waals surface area contributed by atoms with Crippen molar-refractivity contribution in [3.05, 3.63) is 11.1 Å². The van der Waals surface area contributed by atoms with Crippen molar-refractivity contribution in [2.45, 2.75) is 65.2 Å². The van der Waals surface area contributed by atoms with Crippen LogP contribution in [0.1, 0.15) is 69.9 Å². The molecule has 1 heterocycles. The van der Waals surface area contributed by atoms with Gasteiger partial charge in [0, 0.05) is 11.1 Å². The van der Waals surface area contributed by atoms with Gasteiger partial charge >= 0.3 is 0 Å². The van der Waals surface area contributed by atoms with Crippen LogP contribution in [-0.2, 0) is 6.42 Å². The molecule has 1 atom stereocenters. The number of aromatic nitrogens is 1. The monoisotopic (exact) mass is 239 g/mol. The van der Waals surface area contributed by atoms with Gasteiger partial charge in [0.15, 0.2) is 11.8 Å². The topological polar surface area (TPSA) is 56.2 Å². The third kappa shape index (κ3) is 3.42. The molecule has 1 rings (SSSR count). The van der Waals surface area contributed by atoms with E-state index in [0.717, 1.165) is 24.0 Å². The summed E-state index contributed by atoms with van der Waals surface area (Å²) in [6.45, 7) is 6.32. The Labute approximate surface area is 104 Å². The minimum absolute atomic E-state index is 0.125. The number of aromatic hydroxyl groups is 2. The van der Waals surface area contributed by atoms with Gasteiger partial charge in [0.25, 0.3) is 0 Å². The molecule has 0 spiro atoms. The van der Waals surface area contributed by atoms with Crippen LogP contribution < -0.4 is 0 Å². The first kappa shape index (κ1) is 13.9. The van der Waals surface area contributed by atoms with Gasteiger partial charge in [-0.3, -0.25) is 4.98 Å². The molecule has 0 saturated heterocycles. The smallest absolute Gasteiger partial charge is 0.195 e. The zero-order valence-electron chi connectivity index (χ0n) is 11.2. The second-order valence-corrected chi connectivity index (χ2v) is 4.82. The minimum atomic E-state index is 0.125. The Balaban J connectivity index is 2.64. The highest BCUT2D eigenvalue weighted by molar-refractivity contribution is 5.45. The van der Waals surface area contributed by atoms with Gasteiger partial charge in [-0.15, -0.1) is 0 Å².